The molecule has 118 valence electrons. The number of ether oxygens (including phenoxy) is 2. The molecule has 0 heterocycles. The van der Waals surface area contributed by atoms with E-state index in [1.807, 2.05) is 0 Å². The van der Waals surface area contributed by atoms with Gasteiger partial charge in [-0.2, -0.15) is 0 Å². The van der Waals surface area contributed by atoms with Crippen molar-refractivity contribution < 1.29 is 22.3 Å². The summed E-state index contributed by atoms with van der Waals surface area (Å²) in [6.45, 7) is 1.77. The Kier molecular flexibility index (Phi) is 4.56. The van der Waals surface area contributed by atoms with Crippen LogP contribution in [0.5, 0.6) is 11.5 Å². The number of hydrogen-bond acceptors (Lipinski definition) is 4. The number of sulfonamides is 1. The highest BCUT2D eigenvalue weighted by Crippen LogP contribution is 2.32. The van der Waals surface area contributed by atoms with Crippen molar-refractivity contribution in [2.45, 2.75) is 11.8 Å². The quantitative estimate of drug-likeness (QED) is 0.918. The Morgan fingerprint density at radius 1 is 1.05 bits per heavy atom. The molecule has 0 saturated carbocycles. The van der Waals surface area contributed by atoms with Gasteiger partial charge in [-0.25, -0.2) is 12.8 Å². The first-order valence-electron chi connectivity index (χ1n) is 6.39. The van der Waals surface area contributed by atoms with Crippen LogP contribution in [0.3, 0.4) is 0 Å². The minimum Gasteiger partial charge on any atom is -0.496 e. The van der Waals surface area contributed by atoms with Crippen LogP contribution in [0.15, 0.2) is 41.3 Å². The normalized spacial score (nSPS) is 11.1. The molecule has 0 aliphatic rings. The average Bonchev–Trinajstić information content (AvgIpc) is 2.48. The summed E-state index contributed by atoms with van der Waals surface area (Å²) in [5, 5.41) is 0. The van der Waals surface area contributed by atoms with Crippen LogP contribution >= 0.6 is 0 Å². The van der Waals surface area contributed by atoms with Gasteiger partial charge in [0, 0.05) is 6.07 Å². The highest BCUT2D eigenvalue weighted by molar-refractivity contribution is 7.92. The van der Waals surface area contributed by atoms with Crippen LogP contribution in [0.1, 0.15) is 5.56 Å². The van der Waals surface area contributed by atoms with Gasteiger partial charge in [-0.3, -0.25) is 4.72 Å². The van der Waals surface area contributed by atoms with Gasteiger partial charge in [0.15, 0.2) is 0 Å². The lowest BCUT2D eigenvalue weighted by atomic mass is 10.2. The molecule has 0 fully saturated rings. The molecule has 0 aliphatic heterocycles. The van der Waals surface area contributed by atoms with Gasteiger partial charge in [0.05, 0.1) is 19.9 Å². The molecule has 0 radical (unpaired) electrons. The lowest BCUT2D eigenvalue weighted by molar-refractivity contribution is 0.390. The van der Waals surface area contributed by atoms with E-state index in [1.165, 1.54) is 44.6 Å². The Balaban J connectivity index is 2.51. The monoisotopic (exact) mass is 325 g/mol. The van der Waals surface area contributed by atoms with Crippen LogP contribution in [0.2, 0.25) is 0 Å². The van der Waals surface area contributed by atoms with E-state index in [-0.39, 0.29) is 16.3 Å². The zero-order chi connectivity index (χ0) is 16.3. The number of methoxy groups -OCH3 is 2. The molecule has 0 spiro atoms. The van der Waals surface area contributed by atoms with Crippen molar-refractivity contribution in [3.63, 3.8) is 0 Å². The SMILES string of the molecule is COc1cc(S(=O)(=O)Nc2ccccc2F)c(OC)cc1C. The number of para-hydroxylation sites is 1. The second kappa shape index (κ2) is 6.23. The van der Waals surface area contributed by atoms with Crippen LogP contribution in [-0.4, -0.2) is 22.6 Å². The lowest BCUT2D eigenvalue weighted by Crippen LogP contribution is -2.15. The highest BCUT2D eigenvalue weighted by atomic mass is 32.2. The molecule has 0 unspecified atom stereocenters. The van der Waals surface area contributed by atoms with Crippen molar-refractivity contribution in [3.8, 4) is 11.5 Å². The summed E-state index contributed by atoms with van der Waals surface area (Å²) in [6.07, 6.45) is 0. The van der Waals surface area contributed by atoms with Crippen molar-refractivity contribution in [1.82, 2.24) is 0 Å². The van der Waals surface area contributed by atoms with Gasteiger partial charge in [0.25, 0.3) is 10.0 Å². The predicted molar refractivity (Wildman–Crippen MR) is 81.5 cm³/mol. The van der Waals surface area contributed by atoms with Gasteiger partial charge in [-0.15, -0.1) is 0 Å². The number of anilines is 1. The third kappa shape index (κ3) is 3.14. The van der Waals surface area contributed by atoms with Crippen molar-refractivity contribution in [2.24, 2.45) is 0 Å². The zero-order valence-corrected chi connectivity index (χ0v) is 13.2. The van der Waals surface area contributed by atoms with Crippen LogP contribution in [0, 0.1) is 12.7 Å². The zero-order valence-electron chi connectivity index (χ0n) is 12.4. The van der Waals surface area contributed by atoms with Gasteiger partial charge in [0.2, 0.25) is 0 Å². The first-order chi connectivity index (χ1) is 10.4. The smallest absolute Gasteiger partial charge is 0.265 e. The number of hydrogen-bond donors (Lipinski definition) is 1. The standard InChI is InChI=1S/C15H16FNO4S/c1-10-8-14(21-3)15(9-13(10)20-2)22(18,19)17-12-7-5-4-6-11(12)16/h4-9,17H,1-3H3. The Bertz CT molecular complexity index is 790. The molecule has 0 amide bonds. The maximum absolute atomic E-state index is 13.6. The Hall–Kier alpha value is -2.28. The molecule has 7 heteroatoms. The van der Waals surface area contributed by atoms with E-state index in [9.17, 15) is 12.8 Å². The largest absolute Gasteiger partial charge is 0.496 e. The van der Waals surface area contributed by atoms with E-state index in [4.69, 9.17) is 9.47 Å². The molecule has 0 bridgehead atoms. The molecule has 2 rings (SSSR count). The maximum Gasteiger partial charge on any atom is 0.265 e. The van der Waals surface area contributed by atoms with E-state index in [1.54, 1.807) is 13.0 Å². The average molecular weight is 325 g/mol. The second-order valence-electron chi connectivity index (χ2n) is 4.56. The molecule has 2 aromatic rings. The summed E-state index contributed by atoms with van der Waals surface area (Å²) < 4.78 is 51.1. The summed E-state index contributed by atoms with van der Waals surface area (Å²) in [5.41, 5.74) is 0.591. The van der Waals surface area contributed by atoms with Gasteiger partial charge < -0.3 is 9.47 Å². The fourth-order valence-electron chi connectivity index (χ4n) is 1.98. The first kappa shape index (κ1) is 16.1. The maximum atomic E-state index is 13.6. The fraction of sp³-hybridized carbons (Fsp3) is 0.200. The second-order valence-corrected chi connectivity index (χ2v) is 6.21. The van der Waals surface area contributed by atoms with Crippen molar-refractivity contribution in [3.05, 3.63) is 47.8 Å². The van der Waals surface area contributed by atoms with Crippen molar-refractivity contribution in [2.75, 3.05) is 18.9 Å². The molecule has 0 aromatic heterocycles. The number of benzene rings is 2. The van der Waals surface area contributed by atoms with Crippen LogP contribution in [0.4, 0.5) is 10.1 Å². The van der Waals surface area contributed by atoms with Gasteiger partial charge >= 0.3 is 0 Å². The Morgan fingerprint density at radius 2 is 1.68 bits per heavy atom. The molecule has 2 aromatic carbocycles. The molecular weight excluding hydrogens is 309 g/mol. The molecule has 0 atom stereocenters. The molecular formula is C15H16FNO4S. The number of halogens is 1. The minimum absolute atomic E-state index is 0.124. The Labute approximate surface area is 128 Å². The topological polar surface area (TPSA) is 64.6 Å². The lowest BCUT2D eigenvalue weighted by Gasteiger charge is -2.14. The van der Waals surface area contributed by atoms with Crippen LogP contribution < -0.4 is 14.2 Å². The number of aryl methyl sites for hydroxylation is 1. The van der Waals surface area contributed by atoms with E-state index >= 15 is 0 Å². The van der Waals surface area contributed by atoms with E-state index in [0.717, 1.165) is 5.56 Å². The van der Waals surface area contributed by atoms with E-state index in [2.05, 4.69) is 4.72 Å². The predicted octanol–water partition coefficient (Wildman–Crippen LogP) is 2.95. The van der Waals surface area contributed by atoms with Crippen LogP contribution in [0.25, 0.3) is 0 Å². The minimum atomic E-state index is -4.02. The third-order valence-corrected chi connectivity index (χ3v) is 4.48. The number of nitrogens with one attached hydrogen (secondary N) is 1. The molecule has 0 saturated heterocycles. The van der Waals surface area contributed by atoms with Gasteiger partial charge in [-0.1, -0.05) is 12.1 Å². The summed E-state index contributed by atoms with van der Waals surface area (Å²) in [6, 6.07) is 8.41. The highest BCUT2D eigenvalue weighted by Gasteiger charge is 2.23. The molecule has 22 heavy (non-hydrogen) atoms. The Morgan fingerprint density at radius 3 is 2.27 bits per heavy atom. The summed E-state index contributed by atoms with van der Waals surface area (Å²) in [5.74, 6) is -0.110. The molecule has 0 aliphatic carbocycles. The third-order valence-electron chi connectivity index (χ3n) is 3.09. The van der Waals surface area contributed by atoms with Gasteiger partial charge in [-0.05, 0) is 30.7 Å². The summed E-state index contributed by atoms with van der Waals surface area (Å²) in [7, 11) is -1.22. The van der Waals surface area contributed by atoms with E-state index < -0.39 is 15.8 Å². The van der Waals surface area contributed by atoms with Crippen molar-refractivity contribution in [1.29, 1.82) is 0 Å². The molecule has 1 N–H and O–H groups in total. The first-order valence-corrected chi connectivity index (χ1v) is 7.87. The summed E-state index contributed by atoms with van der Waals surface area (Å²) in [4.78, 5) is -0.124. The number of rotatable bonds is 5. The van der Waals surface area contributed by atoms with Crippen LogP contribution in [-0.2, 0) is 10.0 Å². The molecule has 5 nitrogen and oxygen atoms in total. The van der Waals surface area contributed by atoms with Gasteiger partial charge in [0.1, 0.15) is 22.2 Å². The van der Waals surface area contributed by atoms with Crippen molar-refractivity contribution >= 4 is 15.7 Å². The van der Waals surface area contributed by atoms with E-state index in [0.29, 0.717) is 5.75 Å². The summed E-state index contributed by atoms with van der Waals surface area (Å²) >= 11 is 0. The fourth-order valence-corrected chi connectivity index (χ4v) is 3.21.